The first-order chi connectivity index (χ1) is 8.31. The van der Waals surface area contributed by atoms with Crippen LogP contribution in [0.1, 0.15) is 17.2 Å². The van der Waals surface area contributed by atoms with Gasteiger partial charge in [-0.3, -0.25) is 5.84 Å². The second-order valence-corrected chi connectivity index (χ2v) is 4.26. The highest BCUT2D eigenvalue weighted by Crippen LogP contribution is 2.34. The highest BCUT2D eigenvalue weighted by Gasteiger charge is 2.32. The predicted molar refractivity (Wildman–Crippen MR) is 64.0 cm³/mol. The first kappa shape index (κ1) is 15.2. The molecule has 0 aromatic heterocycles. The lowest BCUT2D eigenvalue weighted by Gasteiger charge is -2.20. The smallest absolute Gasteiger partial charge is 0.389 e. The number of aliphatic hydroxyl groups is 2. The van der Waals surface area contributed by atoms with Gasteiger partial charge in [0.15, 0.2) is 0 Å². The Balaban J connectivity index is 3.15. The van der Waals surface area contributed by atoms with Gasteiger partial charge in [-0.2, -0.15) is 13.2 Å². The largest absolute Gasteiger partial charge is 0.416 e. The van der Waals surface area contributed by atoms with E-state index in [4.69, 9.17) is 5.84 Å². The molecule has 0 amide bonds. The van der Waals surface area contributed by atoms with Gasteiger partial charge in [-0.05, 0) is 12.1 Å². The first-order valence-electron chi connectivity index (χ1n) is 4.91. The Morgan fingerprint density at radius 3 is 2.39 bits per heavy atom. The minimum absolute atomic E-state index is 0.0825. The third-order valence-corrected chi connectivity index (χ3v) is 3.04. The van der Waals surface area contributed by atoms with Gasteiger partial charge in [-0.1, -0.05) is 22.0 Å². The van der Waals surface area contributed by atoms with Crippen LogP contribution in [0.4, 0.5) is 18.9 Å². The Morgan fingerprint density at radius 1 is 1.33 bits per heavy atom. The molecule has 1 aromatic rings. The minimum atomic E-state index is -4.50. The molecule has 8 heteroatoms. The molecule has 0 saturated carbocycles. The van der Waals surface area contributed by atoms with Gasteiger partial charge in [-0.25, -0.2) is 0 Å². The molecule has 0 bridgehead atoms. The Morgan fingerprint density at radius 2 is 1.94 bits per heavy atom. The second-order valence-electron chi connectivity index (χ2n) is 3.61. The summed E-state index contributed by atoms with van der Waals surface area (Å²) in [7, 11) is 0. The van der Waals surface area contributed by atoms with E-state index in [9.17, 15) is 23.4 Å². The van der Waals surface area contributed by atoms with Crippen LogP contribution in [0, 0.1) is 0 Å². The topological polar surface area (TPSA) is 78.5 Å². The Bertz CT molecular complexity index is 415. The average molecular weight is 329 g/mol. The first-order valence-corrected chi connectivity index (χ1v) is 6.03. The lowest BCUT2D eigenvalue weighted by atomic mass is 10.0. The van der Waals surface area contributed by atoms with Gasteiger partial charge >= 0.3 is 6.18 Å². The highest BCUT2D eigenvalue weighted by molar-refractivity contribution is 9.09. The van der Waals surface area contributed by atoms with Crippen LogP contribution in [0.3, 0.4) is 0 Å². The summed E-state index contributed by atoms with van der Waals surface area (Å²) in [5, 5.41) is 19.3. The molecule has 0 aliphatic rings. The van der Waals surface area contributed by atoms with Crippen molar-refractivity contribution in [3.8, 4) is 0 Å². The third-order valence-electron chi connectivity index (χ3n) is 2.38. The van der Waals surface area contributed by atoms with Gasteiger partial charge in [0.05, 0.1) is 17.4 Å². The van der Waals surface area contributed by atoms with Crippen LogP contribution in [0.15, 0.2) is 18.2 Å². The maximum absolute atomic E-state index is 12.5. The molecular formula is C10H12BrF3N2O2. The van der Waals surface area contributed by atoms with Crippen LogP contribution >= 0.6 is 15.9 Å². The number of hydrogen-bond donors (Lipinski definition) is 4. The van der Waals surface area contributed by atoms with Crippen LogP contribution in [-0.2, 0) is 6.18 Å². The van der Waals surface area contributed by atoms with Crippen molar-refractivity contribution in [2.75, 3.05) is 10.8 Å². The van der Waals surface area contributed by atoms with Gasteiger partial charge in [0.25, 0.3) is 0 Å². The lowest BCUT2D eigenvalue weighted by Crippen LogP contribution is -2.22. The van der Waals surface area contributed by atoms with Crippen molar-refractivity contribution in [2.24, 2.45) is 5.84 Å². The number of nitrogens with two attached hydrogens (primary N) is 1. The molecule has 2 unspecified atom stereocenters. The van der Waals surface area contributed by atoms with E-state index in [1.807, 2.05) is 0 Å². The van der Waals surface area contributed by atoms with E-state index in [1.54, 1.807) is 0 Å². The monoisotopic (exact) mass is 328 g/mol. The van der Waals surface area contributed by atoms with Crippen LogP contribution in [0.2, 0.25) is 0 Å². The van der Waals surface area contributed by atoms with Gasteiger partial charge in [0.1, 0.15) is 6.10 Å². The van der Waals surface area contributed by atoms with E-state index in [2.05, 4.69) is 21.4 Å². The maximum Gasteiger partial charge on any atom is 0.416 e. The second kappa shape index (κ2) is 5.87. The molecule has 18 heavy (non-hydrogen) atoms. The minimum Gasteiger partial charge on any atom is -0.389 e. The van der Waals surface area contributed by atoms with E-state index >= 15 is 0 Å². The van der Waals surface area contributed by atoms with E-state index in [0.29, 0.717) is 0 Å². The quantitative estimate of drug-likeness (QED) is 0.386. The molecule has 0 saturated heterocycles. The molecule has 1 aromatic carbocycles. The molecule has 0 aliphatic carbocycles. The van der Waals surface area contributed by atoms with Gasteiger partial charge in [0.2, 0.25) is 0 Å². The number of anilines is 1. The summed E-state index contributed by atoms with van der Waals surface area (Å²) in [5.74, 6) is 5.12. The number of alkyl halides is 4. The number of rotatable bonds is 4. The van der Waals surface area contributed by atoms with Crippen molar-refractivity contribution < 1.29 is 23.4 Å². The van der Waals surface area contributed by atoms with Gasteiger partial charge < -0.3 is 15.6 Å². The molecule has 2 atom stereocenters. The zero-order chi connectivity index (χ0) is 13.9. The van der Waals surface area contributed by atoms with Crippen LogP contribution in [-0.4, -0.2) is 21.6 Å². The summed E-state index contributed by atoms with van der Waals surface area (Å²) in [4.78, 5) is 0. The summed E-state index contributed by atoms with van der Waals surface area (Å²) in [5.41, 5.74) is 1.20. The van der Waals surface area contributed by atoms with Crippen molar-refractivity contribution in [2.45, 2.75) is 18.4 Å². The molecule has 102 valence electrons. The number of halogens is 4. The molecule has 4 nitrogen and oxygen atoms in total. The van der Waals surface area contributed by atoms with Crippen molar-refractivity contribution in [3.05, 3.63) is 29.3 Å². The van der Waals surface area contributed by atoms with Gasteiger partial charge in [-0.15, -0.1) is 0 Å². The Hall–Kier alpha value is -0.830. The summed E-state index contributed by atoms with van der Waals surface area (Å²) >= 11 is 2.96. The lowest BCUT2D eigenvalue weighted by molar-refractivity contribution is -0.137. The van der Waals surface area contributed by atoms with Crippen LogP contribution in [0.25, 0.3) is 0 Å². The van der Waals surface area contributed by atoms with Crippen LogP contribution in [0.5, 0.6) is 0 Å². The standard InChI is InChI=1S/C10H12BrF3N2O2/c11-4-8(17)9(18)6-2-1-5(10(12,13)14)3-7(6)16-15/h1-3,8-9,16-18H,4,15H2. The fourth-order valence-corrected chi connectivity index (χ4v) is 1.76. The summed E-state index contributed by atoms with van der Waals surface area (Å²) in [6.45, 7) is 0. The van der Waals surface area contributed by atoms with E-state index in [0.717, 1.165) is 18.2 Å². The molecule has 0 heterocycles. The SMILES string of the molecule is NNc1cc(C(F)(F)F)ccc1C(O)C(O)CBr. The van der Waals surface area contributed by atoms with Crippen molar-refractivity contribution in [3.63, 3.8) is 0 Å². The number of aliphatic hydroxyl groups excluding tert-OH is 2. The molecule has 0 spiro atoms. The number of hydrogen-bond acceptors (Lipinski definition) is 4. The third kappa shape index (κ3) is 3.35. The van der Waals surface area contributed by atoms with E-state index < -0.39 is 23.9 Å². The van der Waals surface area contributed by atoms with E-state index in [1.165, 1.54) is 0 Å². The molecule has 0 radical (unpaired) electrons. The average Bonchev–Trinajstić information content (AvgIpc) is 2.35. The Kier molecular flexibility index (Phi) is 4.97. The fraction of sp³-hybridized carbons (Fsp3) is 0.400. The number of nitrogen functional groups attached to an aromatic ring is 1. The van der Waals surface area contributed by atoms with Crippen molar-refractivity contribution in [1.29, 1.82) is 0 Å². The number of hydrazine groups is 1. The fourth-order valence-electron chi connectivity index (χ4n) is 1.41. The van der Waals surface area contributed by atoms with E-state index in [-0.39, 0.29) is 16.6 Å². The molecule has 0 aliphatic heterocycles. The summed E-state index contributed by atoms with van der Waals surface area (Å²) in [6.07, 6.45) is -6.98. The maximum atomic E-state index is 12.5. The zero-order valence-corrected chi connectivity index (χ0v) is 10.7. The van der Waals surface area contributed by atoms with Crippen LogP contribution < -0.4 is 11.3 Å². The Labute approximate surface area is 110 Å². The number of benzene rings is 1. The molecular weight excluding hydrogens is 317 g/mol. The number of nitrogens with one attached hydrogen (secondary N) is 1. The zero-order valence-electron chi connectivity index (χ0n) is 9.08. The summed E-state index contributed by atoms with van der Waals surface area (Å²) < 4.78 is 37.4. The van der Waals surface area contributed by atoms with Gasteiger partial charge in [0, 0.05) is 10.9 Å². The normalized spacial score (nSPS) is 15.3. The van der Waals surface area contributed by atoms with Crippen molar-refractivity contribution >= 4 is 21.6 Å². The predicted octanol–water partition coefficient (Wildman–Crippen LogP) is 1.78. The van der Waals surface area contributed by atoms with Crippen molar-refractivity contribution in [1.82, 2.24) is 0 Å². The molecule has 0 fully saturated rings. The molecule has 5 N–H and O–H groups in total. The molecule has 1 rings (SSSR count). The summed E-state index contributed by atoms with van der Waals surface area (Å²) in [6, 6.07) is 2.68. The highest BCUT2D eigenvalue weighted by atomic mass is 79.9.